The van der Waals surface area contributed by atoms with Crippen LogP contribution in [-0.2, 0) is 0 Å². The molecule has 2 aromatic rings. The van der Waals surface area contributed by atoms with Crippen molar-refractivity contribution in [2.45, 2.75) is 18.7 Å². The minimum atomic E-state index is -4.40. The Morgan fingerprint density at radius 3 is 2.28 bits per heavy atom. The van der Waals surface area contributed by atoms with E-state index in [2.05, 4.69) is 0 Å². The number of hydrogen-bond donors (Lipinski definition) is 1. The van der Waals surface area contributed by atoms with Crippen LogP contribution in [0.15, 0.2) is 36.4 Å². The van der Waals surface area contributed by atoms with E-state index in [1.807, 2.05) is 0 Å². The van der Waals surface area contributed by atoms with Crippen LogP contribution in [0.2, 0.25) is 5.02 Å². The Morgan fingerprint density at radius 1 is 1.06 bits per heavy atom. The maximum absolute atomic E-state index is 12.3. The second-order valence-electron chi connectivity index (χ2n) is 4.02. The molecule has 0 saturated carbocycles. The van der Waals surface area contributed by atoms with Gasteiger partial charge < -0.3 is 5.11 Å². The highest BCUT2D eigenvalue weighted by molar-refractivity contribution is 6.35. The van der Waals surface area contributed by atoms with Crippen LogP contribution in [0, 0.1) is 0 Å². The summed E-state index contributed by atoms with van der Waals surface area (Å²) in [6.07, 6.45) is -7.24. The SMILES string of the molecule is OC(CC(F)(F)F)c1ccc(Cl)c2ccccc12. The first-order valence-corrected chi connectivity index (χ1v) is 5.68. The third-order valence-electron chi connectivity index (χ3n) is 2.69. The van der Waals surface area contributed by atoms with Gasteiger partial charge in [0.1, 0.15) is 0 Å². The largest absolute Gasteiger partial charge is 0.391 e. The minimum Gasteiger partial charge on any atom is -0.388 e. The molecular formula is C13H10ClF3O. The van der Waals surface area contributed by atoms with Gasteiger partial charge in [0.05, 0.1) is 12.5 Å². The van der Waals surface area contributed by atoms with Gasteiger partial charge in [-0.3, -0.25) is 0 Å². The number of halogens is 4. The first-order chi connectivity index (χ1) is 8.38. The van der Waals surface area contributed by atoms with Crippen molar-refractivity contribution in [1.82, 2.24) is 0 Å². The summed E-state index contributed by atoms with van der Waals surface area (Å²) in [4.78, 5) is 0. The summed E-state index contributed by atoms with van der Waals surface area (Å²) in [7, 11) is 0. The van der Waals surface area contributed by atoms with Crippen LogP contribution < -0.4 is 0 Å². The molecule has 0 heterocycles. The molecule has 1 nitrogen and oxygen atoms in total. The first kappa shape index (κ1) is 13.2. The number of alkyl halides is 3. The molecule has 2 aromatic carbocycles. The van der Waals surface area contributed by atoms with Gasteiger partial charge in [0.15, 0.2) is 0 Å². The van der Waals surface area contributed by atoms with Crippen molar-refractivity contribution in [3.05, 3.63) is 47.0 Å². The van der Waals surface area contributed by atoms with Gasteiger partial charge in [0.2, 0.25) is 0 Å². The van der Waals surface area contributed by atoms with Crippen molar-refractivity contribution in [1.29, 1.82) is 0 Å². The standard InChI is InChI=1S/C13H10ClF3O/c14-11-6-5-10(12(18)7-13(15,16)17)8-3-1-2-4-9(8)11/h1-6,12,18H,7H2. The predicted octanol–water partition coefficient (Wildman–Crippen LogP) is 4.48. The molecule has 0 fully saturated rings. The minimum absolute atomic E-state index is 0.243. The van der Waals surface area contributed by atoms with E-state index in [-0.39, 0.29) is 5.56 Å². The summed E-state index contributed by atoms with van der Waals surface area (Å²) in [6.45, 7) is 0. The Morgan fingerprint density at radius 2 is 1.67 bits per heavy atom. The van der Waals surface area contributed by atoms with Gasteiger partial charge >= 0.3 is 6.18 Å². The molecule has 0 aliphatic rings. The van der Waals surface area contributed by atoms with E-state index in [1.54, 1.807) is 24.3 Å². The quantitative estimate of drug-likeness (QED) is 0.856. The topological polar surface area (TPSA) is 20.2 Å². The van der Waals surface area contributed by atoms with E-state index in [0.29, 0.717) is 15.8 Å². The van der Waals surface area contributed by atoms with Gasteiger partial charge in [-0.15, -0.1) is 0 Å². The summed E-state index contributed by atoms with van der Waals surface area (Å²) in [5, 5.41) is 11.3. The fourth-order valence-electron chi connectivity index (χ4n) is 1.91. The third kappa shape index (κ3) is 2.76. The molecule has 96 valence electrons. The van der Waals surface area contributed by atoms with Gasteiger partial charge in [-0.1, -0.05) is 41.9 Å². The normalized spacial score (nSPS) is 13.8. The van der Waals surface area contributed by atoms with Gasteiger partial charge in [0, 0.05) is 10.4 Å². The maximum Gasteiger partial charge on any atom is 0.391 e. The predicted molar refractivity (Wildman–Crippen MR) is 64.6 cm³/mol. The molecule has 1 unspecified atom stereocenters. The van der Waals surface area contributed by atoms with Gasteiger partial charge in [-0.25, -0.2) is 0 Å². The number of benzene rings is 2. The number of aliphatic hydroxyl groups is 1. The number of hydrogen-bond acceptors (Lipinski definition) is 1. The second-order valence-corrected chi connectivity index (χ2v) is 4.42. The number of fused-ring (bicyclic) bond motifs is 1. The van der Waals surface area contributed by atoms with E-state index in [0.717, 1.165) is 0 Å². The molecule has 1 N–H and O–H groups in total. The van der Waals surface area contributed by atoms with Crippen LogP contribution >= 0.6 is 11.6 Å². The van der Waals surface area contributed by atoms with Crippen LogP contribution in [0.4, 0.5) is 13.2 Å². The maximum atomic E-state index is 12.3. The van der Waals surface area contributed by atoms with Crippen molar-refractivity contribution in [3.63, 3.8) is 0 Å². The zero-order valence-electron chi connectivity index (χ0n) is 9.21. The summed E-state index contributed by atoms with van der Waals surface area (Å²) in [6, 6.07) is 9.73. The van der Waals surface area contributed by atoms with E-state index >= 15 is 0 Å². The van der Waals surface area contributed by atoms with Crippen molar-refractivity contribution in [2.75, 3.05) is 0 Å². The second kappa shape index (κ2) is 4.78. The molecule has 0 radical (unpaired) electrons. The summed E-state index contributed by atoms with van der Waals surface area (Å²) in [5.74, 6) is 0. The molecule has 18 heavy (non-hydrogen) atoms. The average molecular weight is 275 g/mol. The fraction of sp³-hybridized carbons (Fsp3) is 0.231. The van der Waals surface area contributed by atoms with Gasteiger partial charge in [-0.05, 0) is 17.0 Å². The van der Waals surface area contributed by atoms with Crippen molar-refractivity contribution < 1.29 is 18.3 Å². The highest BCUT2D eigenvalue weighted by atomic mass is 35.5. The van der Waals surface area contributed by atoms with Crippen LogP contribution in [0.3, 0.4) is 0 Å². The monoisotopic (exact) mass is 274 g/mol. The molecule has 0 aromatic heterocycles. The Bertz CT molecular complexity index is 566. The Balaban J connectivity index is 2.49. The molecule has 0 aliphatic carbocycles. The van der Waals surface area contributed by atoms with Crippen molar-refractivity contribution >= 4 is 22.4 Å². The number of rotatable bonds is 2. The zero-order valence-corrected chi connectivity index (χ0v) is 9.96. The van der Waals surface area contributed by atoms with Crippen molar-refractivity contribution in [2.24, 2.45) is 0 Å². The van der Waals surface area contributed by atoms with Gasteiger partial charge in [0.25, 0.3) is 0 Å². The molecule has 0 amide bonds. The van der Waals surface area contributed by atoms with Crippen LogP contribution in [0.25, 0.3) is 10.8 Å². The molecule has 0 saturated heterocycles. The average Bonchev–Trinajstić information content (AvgIpc) is 2.27. The lowest BCUT2D eigenvalue weighted by Crippen LogP contribution is -2.13. The van der Waals surface area contributed by atoms with Crippen LogP contribution in [0.1, 0.15) is 18.1 Å². The lowest BCUT2D eigenvalue weighted by molar-refractivity contribution is -0.154. The lowest BCUT2D eigenvalue weighted by atomic mass is 9.98. The van der Waals surface area contributed by atoms with Crippen LogP contribution in [0.5, 0.6) is 0 Å². The summed E-state index contributed by atoms with van der Waals surface area (Å²) < 4.78 is 36.9. The number of aliphatic hydroxyl groups excluding tert-OH is 1. The summed E-state index contributed by atoms with van der Waals surface area (Å²) >= 11 is 5.96. The van der Waals surface area contributed by atoms with E-state index in [1.165, 1.54) is 12.1 Å². The van der Waals surface area contributed by atoms with Crippen molar-refractivity contribution in [3.8, 4) is 0 Å². The van der Waals surface area contributed by atoms with E-state index in [9.17, 15) is 18.3 Å². The molecular weight excluding hydrogens is 265 g/mol. The van der Waals surface area contributed by atoms with Gasteiger partial charge in [-0.2, -0.15) is 13.2 Å². The Hall–Kier alpha value is -1.26. The van der Waals surface area contributed by atoms with E-state index < -0.39 is 18.7 Å². The molecule has 0 aliphatic heterocycles. The molecule has 0 spiro atoms. The smallest absolute Gasteiger partial charge is 0.388 e. The zero-order chi connectivity index (χ0) is 13.3. The molecule has 0 bridgehead atoms. The lowest BCUT2D eigenvalue weighted by Gasteiger charge is -2.16. The summed E-state index contributed by atoms with van der Waals surface area (Å²) in [5.41, 5.74) is 0.243. The van der Waals surface area contributed by atoms with Crippen LogP contribution in [-0.4, -0.2) is 11.3 Å². The fourth-order valence-corrected chi connectivity index (χ4v) is 2.13. The highest BCUT2D eigenvalue weighted by Crippen LogP contribution is 2.35. The third-order valence-corrected chi connectivity index (χ3v) is 3.02. The first-order valence-electron chi connectivity index (χ1n) is 5.30. The molecule has 2 rings (SSSR count). The van der Waals surface area contributed by atoms with E-state index in [4.69, 9.17) is 11.6 Å². The molecule has 5 heteroatoms. The Labute approximate surface area is 107 Å². The molecule has 1 atom stereocenters. The Kier molecular flexibility index (Phi) is 3.50. The highest BCUT2D eigenvalue weighted by Gasteiger charge is 2.32.